The van der Waals surface area contributed by atoms with Crippen LogP contribution in [-0.4, -0.2) is 30.6 Å². The van der Waals surface area contributed by atoms with E-state index in [1.165, 1.54) is 18.3 Å². The van der Waals surface area contributed by atoms with Crippen LogP contribution in [0.1, 0.15) is 17.3 Å². The number of fused-ring (bicyclic) bond motifs is 1. The van der Waals surface area contributed by atoms with Crippen molar-refractivity contribution in [2.45, 2.75) is 13.0 Å². The van der Waals surface area contributed by atoms with Gasteiger partial charge in [0.05, 0.1) is 17.8 Å². The molecule has 1 N–H and O–H groups in total. The van der Waals surface area contributed by atoms with Crippen LogP contribution in [-0.2, 0) is 0 Å². The summed E-state index contributed by atoms with van der Waals surface area (Å²) in [6.45, 7) is 2.25. The number of pyridine rings is 1. The Morgan fingerprint density at radius 2 is 2.23 bits per heavy atom. The molecule has 0 bridgehead atoms. The Kier molecular flexibility index (Phi) is 3.66. The van der Waals surface area contributed by atoms with Crippen LogP contribution in [0.3, 0.4) is 0 Å². The van der Waals surface area contributed by atoms with Gasteiger partial charge in [-0.1, -0.05) is 0 Å². The summed E-state index contributed by atoms with van der Waals surface area (Å²) in [5.41, 5.74) is 1.05. The number of anilines is 2. The number of nitrogens with one attached hydrogen (secondary N) is 1. The van der Waals surface area contributed by atoms with Gasteiger partial charge in [0.2, 0.25) is 0 Å². The molecule has 2 aromatic rings. The molecule has 114 valence electrons. The molecule has 1 aromatic heterocycles. The van der Waals surface area contributed by atoms with Gasteiger partial charge >= 0.3 is 0 Å². The topological polar surface area (TPSA) is 54.5 Å². The zero-order valence-corrected chi connectivity index (χ0v) is 12.3. The Morgan fingerprint density at radius 3 is 2.91 bits per heavy atom. The van der Waals surface area contributed by atoms with E-state index in [9.17, 15) is 9.18 Å². The summed E-state index contributed by atoms with van der Waals surface area (Å²) in [4.78, 5) is 18.5. The van der Waals surface area contributed by atoms with Crippen molar-refractivity contribution in [2.24, 2.45) is 0 Å². The lowest BCUT2D eigenvalue weighted by Crippen LogP contribution is -2.42. The van der Waals surface area contributed by atoms with E-state index in [1.807, 2.05) is 6.92 Å². The van der Waals surface area contributed by atoms with Crippen molar-refractivity contribution in [3.63, 3.8) is 0 Å². The van der Waals surface area contributed by atoms with E-state index < -0.39 is 0 Å². The highest BCUT2D eigenvalue weighted by atomic mass is 19.1. The minimum absolute atomic E-state index is 0.182. The molecule has 3 rings (SSSR count). The fraction of sp³-hybridized carbons (Fsp3) is 0.250. The van der Waals surface area contributed by atoms with E-state index in [2.05, 4.69) is 10.3 Å². The normalized spacial score (nSPS) is 16.7. The van der Waals surface area contributed by atoms with Crippen LogP contribution in [0.15, 0.2) is 36.5 Å². The van der Waals surface area contributed by atoms with E-state index in [1.54, 1.807) is 30.1 Å². The lowest BCUT2D eigenvalue weighted by molar-refractivity contribution is 0.0960. The molecule has 0 fully saturated rings. The molecule has 1 atom stereocenters. The predicted octanol–water partition coefficient (Wildman–Crippen LogP) is 2.69. The van der Waals surface area contributed by atoms with E-state index in [0.29, 0.717) is 29.4 Å². The van der Waals surface area contributed by atoms with Crippen LogP contribution in [0.4, 0.5) is 15.9 Å². The van der Waals surface area contributed by atoms with Gasteiger partial charge in [0.1, 0.15) is 23.5 Å². The van der Waals surface area contributed by atoms with Crippen molar-refractivity contribution >= 4 is 17.4 Å². The first-order valence-electron chi connectivity index (χ1n) is 7.00. The largest absolute Gasteiger partial charge is 0.487 e. The molecule has 1 aromatic carbocycles. The van der Waals surface area contributed by atoms with Gasteiger partial charge in [0, 0.05) is 19.3 Å². The molecule has 0 radical (unpaired) electrons. The van der Waals surface area contributed by atoms with Gasteiger partial charge in [-0.05, 0) is 31.2 Å². The summed E-state index contributed by atoms with van der Waals surface area (Å²) in [5, 5.41) is 2.90. The summed E-state index contributed by atoms with van der Waals surface area (Å²) >= 11 is 0. The van der Waals surface area contributed by atoms with E-state index in [-0.39, 0.29) is 17.8 Å². The third-order valence-corrected chi connectivity index (χ3v) is 3.49. The van der Waals surface area contributed by atoms with Gasteiger partial charge in [-0.25, -0.2) is 9.37 Å². The van der Waals surface area contributed by atoms with Crippen molar-refractivity contribution in [3.05, 3.63) is 47.9 Å². The number of rotatable bonds is 2. The summed E-state index contributed by atoms with van der Waals surface area (Å²) in [6.07, 6.45) is 1.32. The fourth-order valence-electron chi connectivity index (χ4n) is 2.43. The molecule has 6 heteroatoms. The predicted molar refractivity (Wildman–Crippen MR) is 82.0 cm³/mol. The molecule has 2 heterocycles. The molecule has 0 spiro atoms. The van der Waals surface area contributed by atoms with E-state index in [4.69, 9.17) is 4.74 Å². The maximum absolute atomic E-state index is 13.4. The lowest BCUT2D eigenvalue weighted by Gasteiger charge is -2.33. The van der Waals surface area contributed by atoms with E-state index >= 15 is 0 Å². The summed E-state index contributed by atoms with van der Waals surface area (Å²) in [6, 6.07) is 7.63. The number of aromatic nitrogens is 1. The highest BCUT2D eigenvalue weighted by molar-refractivity contribution is 6.07. The van der Waals surface area contributed by atoms with Crippen LogP contribution >= 0.6 is 0 Å². The van der Waals surface area contributed by atoms with Gasteiger partial charge in [-0.15, -0.1) is 0 Å². The zero-order valence-electron chi connectivity index (χ0n) is 12.3. The van der Waals surface area contributed by atoms with Gasteiger partial charge < -0.3 is 15.0 Å². The fourth-order valence-corrected chi connectivity index (χ4v) is 2.43. The monoisotopic (exact) mass is 301 g/mol. The second kappa shape index (κ2) is 5.63. The van der Waals surface area contributed by atoms with Gasteiger partial charge in [-0.3, -0.25) is 4.79 Å². The van der Waals surface area contributed by atoms with Crippen molar-refractivity contribution in [3.8, 4) is 5.75 Å². The molecule has 1 amide bonds. The van der Waals surface area contributed by atoms with Crippen molar-refractivity contribution in [1.82, 2.24) is 4.98 Å². The maximum atomic E-state index is 13.4. The molecule has 0 saturated carbocycles. The van der Waals surface area contributed by atoms with Gasteiger partial charge in [0.25, 0.3) is 5.91 Å². The summed E-state index contributed by atoms with van der Waals surface area (Å²) in [7, 11) is 1.76. The Balaban J connectivity index is 1.95. The first-order chi connectivity index (χ1) is 10.6. The van der Waals surface area contributed by atoms with E-state index in [0.717, 1.165) is 0 Å². The Labute approximate surface area is 127 Å². The second-order valence-corrected chi connectivity index (χ2v) is 5.14. The molecule has 1 aliphatic rings. The maximum Gasteiger partial charge on any atom is 0.260 e. The van der Waals surface area contributed by atoms with Crippen LogP contribution in [0.2, 0.25) is 0 Å². The first kappa shape index (κ1) is 14.3. The Bertz CT molecular complexity index is 703. The number of hydrogen-bond acceptors (Lipinski definition) is 4. The number of hydrogen-bond donors (Lipinski definition) is 1. The van der Waals surface area contributed by atoms with Gasteiger partial charge in [-0.2, -0.15) is 0 Å². The molecular weight excluding hydrogens is 285 g/mol. The Hall–Kier alpha value is -2.63. The minimum Gasteiger partial charge on any atom is -0.487 e. The standard InChI is InChI=1S/C16H16FN3O2/c1-10-9-20(13-5-4-12(17)7-14(13)22-10)16(21)11-3-6-15(18-2)19-8-11/h3-8,10H,9H2,1-2H3,(H,18,19). The molecule has 22 heavy (non-hydrogen) atoms. The second-order valence-electron chi connectivity index (χ2n) is 5.14. The van der Waals surface area contributed by atoms with Crippen molar-refractivity contribution in [2.75, 3.05) is 23.8 Å². The highest BCUT2D eigenvalue weighted by Gasteiger charge is 2.28. The Morgan fingerprint density at radius 1 is 1.41 bits per heavy atom. The third-order valence-electron chi connectivity index (χ3n) is 3.49. The number of nitrogens with zero attached hydrogens (tertiary/aromatic N) is 2. The van der Waals surface area contributed by atoms with Crippen LogP contribution in [0, 0.1) is 5.82 Å². The average molecular weight is 301 g/mol. The molecule has 0 aliphatic carbocycles. The number of carbonyl (C=O) groups is 1. The molecule has 0 saturated heterocycles. The van der Waals surface area contributed by atoms with Crippen LogP contribution < -0.4 is 15.0 Å². The summed E-state index contributed by atoms with van der Waals surface area (Å²) < 4.78 is 19.0. The zero-order chi connectivity index (χ0) is 15.7. The molecular formula is C16H16FN3O2. The number of ether oxygens (including phenoxy) is 1. The first-order valence-corrected chi connectivity index (χ1v) is 7.00. The van der Waals surface area contributed by atoms with Crippen molar-refractivity contribution in [1.29, 1.82) is 0 Å². The molecule has 1 aliphatic heterocycles. The molecule has 1 unspecified atom stereocenters. The minimum atomic E-state index is -0.389. The number of benzene rings is 1. The highest BCUT2D eigenvalue weighted by Crippen LogP contribution is 2.34. The number of halogens is 1. The average Bonchev–Trinajstić information content (AvgIpc) is 2.53. The number of amides is 1. The number of carbonyl (C=O) groups excluding carboxylic acids is 1. The van der Waals surface area contributed by atoms with Gasteiger partial charge in [0.15, 0.2) is 0 Å². The van der Waals surface area contributed by atoms with Crippen LogP contribution in [0.5, 0.6) is 5.75 Å². The SMILES string of the molecule is CNc1ccc(C(=O)N2CC(C)Oc3cc(F)ccc32)cn1. The lowest BCUT2D eigenvalue weighted by atomic mass is 10.1. The summed E-state index contributed by atoms with van der Waals surface area (Å²) in [5.74, 6) is 0.500. The van der Waals surface area contributed by atoms with Crippen LogP contribution in [0.25, 0.3) is 0 Å². The molecule has 5 nitrogen and oxygen atoms in total. The third kappa shape index (κ3) is 2.59. The smallest absolute Gasteiger partial charge is 0.260 e. The van der Waals surface area contributed by atoms with Crippen molar-refractivity contribution < 1.29 is 13.9 Å². The quantitative estimate of drug-likeness (QED) is 0.926.